The Hall–Kier alpha value is -0.710. The minimum atomic E-state index is -0.0756. The van der Waals surface area contributed by atoms with E-state index in [0.717, 1.165) is 0 Å². The van der Waals surface area contributed by atoms with Crippen LogP contribution in [-0.4, -0.2) is 41.4 Å². The minimum Gasteiger partial charge on any atom is -0.355 e. The van der Waals surface area contributed by atoms with Gasteiger partial charge in [-0.3, -0.25) is 9.59 Å². The van der Waals surface area contributed by atoms with E-state index < -0.39 is 0 Å². The lowest BCUT2D eigenvalue weighted by Crippen LogP contribution is -2.37. The number of carbonyl (C=O) groups excluding carboxylic acids is 2. The Morgan fingerprint density at radius 1 is 1.75 bits per heavy atom. The second-order valence-corrected chi connectivity index (χ2v) is 3.48. The van der Waals surface area contributed by atoms with Crippen LogP contribution >= 0.6 is 11.8 Å². The van der Waals surface area contributed by atoms with Crippen molar-refractivity contribution < 1.29 is 9.59 Å². The van der Waals surface area contributed by atoms with Crippen molar-refractivity contribution in [2.24, 2.45) is 0 Å². The molecule has 1 heterocycles. The summed E-state index contributed by atoms with van der Waals surface area (Å²) in [5, 5.41) is 2.65. The SMILES string of the molecule is CCNC(=O)CN1CSCC1=O. The van der Waals surface area contributed by atoms with E-state index >= 15 is 0 Å². The molecule has 1 N–H and O–H groups in total. The molecule has 0 bridgehead atoms. The number of hydrogen-bond acceptors (Lipinski definition) is 3. The van der Waals surface area contributed by atoms with E-state index in [0.29, 0.717) is 18.2 Å². The monoisotopic (exact) mass is 188 g/mol. The van der Waals surface area contributed by atoms with Gasteiger partial charge in [-0.2, -0.15) is 0 Å². The highest BCUT2D eigenvalue weighted by Crippen LogP contribution is 2.13. The first-order chi connectivity index (χ1) is 5.74. The lowest BCUT2D eigenvalue weighted by atomic mass is 10.5. The predicted molar refractivity (Wildman–Crippen MR) is 47.7 cm³/mol. The highest BCUT2D eigenvalue weighted by atomic mass is 32.2. The molecule has 1 aliphatic heterocycles. The first kappa shape index (κ1) is 9.38. The molecule has 0 aliphatic carbocycles. The van der Waals surface area contributed by atoms with Gasteiger partial charge in [0.05, 0.1) is 11.6 Å². The zero-order chi connectivity index (χ0) is 8.97. The van der Waals surface area contributed by atoms with Crippen LogP contribution in [-0.2, 0) is 9.59 Å². The van der Waals surface area contributed by atoms with Crippen LogP contribution in [0.15, 0.2) is 0 Å². The predicted octanol–water partition coefficient (Wildman–Crippen LogP) is -0.345. The first-order valence-electron chi connectivity index (χ1n) is 3.86. The van der Waals surface area contributed by atoms with Gasteiger partial charge in [0.1, 0.15) is 6.54 Å². The van der Waals surface area contributed by atoms with E-state index in [1.54, 1.807) is 16.7 Å². The first-order valence-corrected chi connectivity index (χ1v) is 5.01. The Morgan fingerprint density at radius 3 is 3.00 bits per heavy atom. The van der Waals surface area contributed by atoms with Crippen LogP contribution < -0.4 is 5.32 Å². The summed E-state index contributed by atoms with van der Waals surface area (Å²) >= 11 is 1.55. The molecule has 4 nitrogen and oxygen atoms in total. The van der Waals surface area contributed by atoms with Gasteiger partial charge >= 0.3 is 0 Å². The van der Waals surface area contributed by atoms with E-state index in [1.807, 2.05) is 6.92 Å². The van der Waals surface area contributed by atoms with Gasteiger partial charge in [0.15, 0.2) is 0 Å². The molecule has 1 saturated heterocycles. The van der Waals surface area contributed by atoms with Crippen molar-refractivity contribution in [1.82, 2.24) is 10.2 Å². The summed E-state index contributed by atoms with van der Waals surface area (Å²) in [6.45, 7) is 2.69. The Bertz CT molecular complexity index is 196. The van der Waals surface area contributed by atoms with Gasteiger partial charge in [-0.05, 0) is 6.92 Å². The summed E-state index contributed by atoms with van der Waals surface area (Å²) in [6.07, 6.45) is 0. The average molecular weight is 188 g/mol. The second kappa shape index (κ2) is 4.35. The van der Waals surface area contributed by atoms with E-state index in [4.69, 9.17) is 0 Å². The molecule has 0 radical (unpaired) electrons. The smallest absolute Gasteiger partial charge is 0.239 e. The third-order valence-corrected chi connectivity index (χ3v) is 2.48. The zero-order valence-electron chi connectivity index (χ0n) is 7.00. The van der Waals surface area contributed by atoms with Crippen LogP contribution in [0.1, 0.15) is 6.92 Å². The Morgan fingerprint density at radius 2 is 2.50 bits per heavy atom. The third-order valence-electron chi connectivity index (χ3n) is 1.53. The van der Waals surface area contributed by atoms with Crippen LogP contribution in [0.2, 0.25) is 0 Å². The normalized spacial score (nSPS) is 16.8. The lowest BCUT2D eigenvalue weighted by Gasteiger charge is -2.13. The van der Waals surface area contributed by atoms with Gasteiger partial charge < -0.3 is 10.2 Å². The Labute approximate surface area is 75.7 Å². The van der Waals surface area contributed by atoms with Crippen molar-refractivity contribution in [3.05, 3.63) is 0 Å². The van der Waals surface area contributed by atoms with Crippen LogP contribution in [0.3, 0.4) is 0 Å². The molecule has 0 spiro atoms. The fourth-order valence-electron chi connectivity index (χ4n) is 0.967. The largest absolute Gasteiger partial charge is 0.355 e. The fraction of sp³-hybridized carbons (Fsp3) is 0.714. The maximum Gasteiger partial charge on any atom is 0.239 e. The number of thioether (sulfide) groups is 1. The molecule has 0 saturated carbocycles. The molecular formula is C7H12N2O2S. The van der Waals surface area contributed by atoms with E-state index in [-0.39, 0.29) is 18.4 Å². The molecular weight excluding hydrogens is 176 g/mol. The molecule has 68 valence electrons. The topological polar surface area (TPSA) is 49.4 Å². The molecule has 0 unspecified atom stereocenters. The minimum absolute atomic E-state index is 0.0613. The summed E-state index contributed by atoms with van der Waals surface area (Å²) in [6, 6.07) is 0. The number of carbonyl (C=O) groups is 2. The van der Waals surface area contributed by atoms with Crippen LogP contribution in [0.5, 0.6) is 0 Å². The Balaban J connectivity index is 2.30. The molecule has 1 rings (SSSR count). The summed E-state index contributed by atoms with van der Waals surface area (Å²) in [5.41, 5.74) is 0. The standard InChI is InChI=1S/C7H12N2O2S/c1-2-8-6(10)3-9-5-12-4-7(9)11/h2-5H2,1H3,(H,8,10). The van der Waals surface area contributed by atoms with Crippen molar-refractivity contribution in [1.29, 1.82) is 0 Å². The third kappa shape index (κ3) is 2.41. The van der Waals surface area contributed by atoms with Crippen molar-refractivity contribution >= 4 is 23.6 Å². The van der Waals surface area contributed by atoms with Gasteiger partial charge in [0.2, 0.25) is 11.8 Å². The number of rotatable bonds is 3. The zero-order valence-corrected chi connectivity index (χ0v) is 7.82. The maximum absolute atomic E-state index is 11.0. The lowest BCUT2D eigenvalue weighted by molar-refractivity contribution is -0.132. The summed E-state index contributed by atoms with van der Waals surface area (Å²) in [4.78, 5) is 23.6. The molecule has 0 aromatic carbocycles. The quantitative estimate of drug-likeness (QED) is 0.659. The van der Waals surface area contributed by atoms with E-state index in [9.17, 15) is 9.59 Å². The number of likely N-dealkylation sites (N-methyl/N-ethyl adjacent to an activating group) is 1. The Kier molecular flexibility index (Phi) is 3.40. The van der Waals surface area contributed by atoms with Crippen LogP contribution in [0, 0.1) is 0 Å². The summed E-state index contributed by atoms with van der Waals surface area (Å²) in [7, 11) is 0. The van der Waals surface area contributed by atoms with Gasteiger partial charge in [0.25, 0.3) is 0 Å². The molecule has 0 aromatic heterocycles. The molecule has 5 heteroatoms. The molecule has 12 heavy (non-hydrogen) atoms. The van der Waals surface area contributed by atoms with Crippen molar-refractivity contribution in [2.45, 2.75) is 6.92 Å². The second-order valence-electron chi connectivity index (χ2n) is 2.52. The average Bonchev–Trinajstić information content (AvgIpc) is 2.37. The summed E-state index contributed by atoms with van der Waals surface area (Å²) < 4.78 is 0. The number of amides is 2. The fourth-order valence-corrected chi connectivity index (χ4v) is 1.87. The van der Waals surface area contributed by atoms with Crippen molar-refractivity contribution in [3.8, 4) is 0 Å². The van der Waals surface area contributed by atoms with Gasteiger partial charge in [0, 0.05) is 6.54 Å². The highest BCUT2D eigenvalue weighted by Gasteiger charge is 2.22. The number of hydrogen-bond donors (Lipinski definition) is 1. The molecule has 2 amide bonds. The molecule has 1 aliphatic rings. The van der Waals surface area contributed by atoms with E-state index in [2.05, 4.69) is 5.32 Å². The highest BCUT2D eigenvalue weighted by molar-refractivity contribution is 8.00. The van der Waals surface area contributed by atoms with Crippen molar-refractivity contribution in [3.63, 3.8) is 0 Å². The van der Waals surface area contributed by atoms with E-state index in [1.165, 1.54) is 0 Å². The molecule has 0 aromatic rings. The number of nitrogens with one attached hydrogen (secondary N) is 1. The van der Waals surface area contributed by atoms with Gasteiger partial charge in [-0.15, -0.1) is 11.8 Å². The summed E-state index contributed by atoms with van der Waals surface area (Å²) in [5.74, 6) is 1.15. The van der Waals surface area contributed by atoms with Gasteiger partial charge in [-0.1, -0.05) is 0 Å². The van der Waals surface area contributed by atoms with Crippen molar-refractivity contribution in [2.75, 3.05) is 24.7 Å². The molecule has 0 atom stereocenters. The van der Waals surface area contributed by atoms with Gasteiger partial charge in [-0.25, -0.2) is 0 Å². The maximum atomic E-state index is 11.0. The van der Waals surface area contributed by atoms with Crippen LogP contribution in [0.25, 0.3) is 0 Å². The number of nitrogens with zero attached hydrogens (tertiary/aromatic N) is 1. The van der Waals surface area contributed by atoms with Crippen LogP contribution in [0.4, 0.5) is 0 Å². The molecule has 1 fully saturated rings.